The van der Waals surface area contributed by atoms with Gasteiger partial charge in [-0.25, -0.2) is 0 Å². The lowest BCUT2D eigenvalue weighted by Gasteiger charge is -2.26. The van der Waals surface area contributed by atoms with Gasteiger partial charge in [0.2, 0.25) is 0 Å². The van der Waals surface area contributed by atoms with Gasteiger partial charge in [-0.2, -0.15) is 0 Å². The molecule has 0 spiro atoms. The van der Waals surface area contributed by atoms with Gasteiger partial charge < -0.3 is 14.6 Å². The summed E-state index contributed by atoms with van der Waals surface area (Å²) in [5.41, 5.74) is 0.589. The van der Waals surface area contributed by atoms with Crippen molar-refractivity contribution in [2.75, 3.05) is 7.11 Å². The van der Waals surface area contributed by atoms with E-state index in [0.29, 0.717) is 12.5 Å². The monoisotopic (exact) mass is 250 g/mol. The lowest BCUT2D eigenvalue weighted by molar-refractivity contribution is -0.0201. The number of aliphatic hydroxyl groups excluding tert-OH is 1. The van der Waals surface area contributed by atoms with Crippen LogP contribution in [0.3, 0.4) is 0 Å². The molecule has 1 saturated carbocycles. The minimum atomic E-state index is -0.505. The number of ether oxygens (including phenoxy) is 2. The first-order valence-electron chi connectivity index (χ1n) is 6.50. The Morgan fingerprint density at radius 2 is 1.89 bits per heavy atom. The summed E-state index contributed by atoms with van der Waals surface area (Å²) in [4.78, 5) is 0. The minimum absolute atomic E-state index is 0.317. The molecule has 1 fully saturated rings. The van der Waals surface area contributed by atoms with Gasteiger partial charge in [0.1, 0.15) is 5.75 Å². The molecule has 1 aromatic rings. The van der Waals surface area contributed by atoms with E-state index in [1.807, 2.05) is 38.1 Å². The Morgan fingerprint density at radius 1 is 1.28 bits per heavy atom. The Hall–Kier alpha value is -1.06. The predicted molar refractivity (Wildman–Crippen MR) is 70.8 cm³/mol. The van der Waals surface area contributed by atoms with Gasteiger partial charge in [-0.1, -0.05) is 12.1 Å². The molecule has 0 aliphatic heterocycles. The van der Waals surface area contributed by atoms with Crippen LogP contribution in [0, 0.1) is 0 Å². The Labute approximate surface area is 109 Å². The fourth-order valence-corrected chi connectivity index (χ4v) is 1.81. The molecule has 0 radical (unpaired) electrons. The SMILES string of the molecule is COC(C)(C)CC(O)c1ccc(OC2CC2)cc1. The molecule has 0 saturated heterocycles. The zero-order chi connectivity index (χ0) is 13.2. The largest absolute Gasteiger partial charge is 0.490 e. The zero-order valence-electron chi connectivity index (χ0n) is 11.3. The van der Waals surface area contributed by atoms with E-state index < -0.39 is 6.10 Å². The third kappa shape index (κ3) is 3.72. The summed E-state index contributed by atoms with van der Waals surface area (Å²) in [6, 6.07) is 7.70. The highest BCUT2D eigenvalue weighted by molar-refractivity contribution is 5.29. The highest BCUT2D eigenvalue weighted by atomic mass is 16.5. The summed E-state index contributed by atoms with van der Waals surface area (Å²) in [6.07, 6.45) is 2.80. The summed E-state index contributed by atoms with van der Waals surface area (Å²) in [5, 5.41) is 10.2. The van der Waals surface area contributed by atoms with E-state index in [-0.39, 0.29) is 5.60 Å². The van der Waals surface area contributed by atoms with Gasteiger partial charge in [-0.3, -0.25) is 0 Å². The Bertz CT molecular complexity index is 379. The Balaban J connectivity index is 1.95. The molecule has 1 aromatic carbocycles. The Kier molecular flexibility index (Phi) is 3.93. The van der Waals surface area contributed by atoms with Gasteiger partial charge in [0.25, 0.3) is 0 Å². The van der Waals surface area contributed by atoms with Gasteiger partial charge in [-0.05, 0) is 44.4 Å². The van der Waals surface area contributed by atoms with E-state index in [9.17, 15) is 5.11 Å². The van der Waals surface area contributed by atoms with Crippen LogP contribution in [0.1, 0.15) is 44.8 Å². The molecule has 1 aliphatic rings. The van der Waals surface area contributed by atoms with Crippen LogP contribution in [-0.4, -0.2) is 23.9 Å². The van der Waals surface area contributed by atoms with E-state index >= 15 is 0 Å². The second-order valence-corrected chi connectivity index (χ2v) is 5.57. The van der Waals surface area contributed by atoms with Crippen LogP contribution in [0.5, 0.6) is 5.75 Å². The summed E-state index contributed by atoms with van der Waals surface area (Å²) in [7, 11) is 1.67. The third-order valence-corrected chi connectivity index (χ3v) is 3.33. The van der Waals surface area contributed by atoms with Crippen LogP contribution in [0.25, 0.3) is 0 Å². The highest BCUT2D eigenvalue weighted by Gasteiger charge is 2.24. The van der Waals surface area contributed by atoms with E-state index in [1.165, 1.54) is 0 Å². The van der Waals surface area contributed by atoms with Crippen molar-refractivity contribution in [1.82, 2.24) is 0 Å². The number of aliphatic hydroxyl groups is 1. The van der Waals surface area contributed by atoms with Crippen LogP contribution in [0.2, 0.25) is 0 Å². The molecular formula is C15H22O3. The predicted octanol–water partition coefficient (Wildman–Crippen LogP) is 3.08. The molecule has 100 valence electrons. The second-order valence-electron chi connectivity index (χ2n) is 5.57. The van der Waals surface area contributed by atoms with E-state index in [0.717, 1.165) is 24.2 Å². The standard InChI is InChI=1S/C15H22O3/c1-15(2,17-3)10-14(16)11-4-6-12(7-5-11)18-13-8-9-13/h4-7,13-14,16H,8-10H2,1-3H3. The molecule has 0 bridgehead atoms. The van der Waals surface area contributed by atoms with Crippen LogP contribution in [-0.2, 0) is 4.74 Å². The lowest BCUT2D eigenvalue weighted by Crippen LogP contribution is -2.25. The summed E-state index contributed by atoms with van der Waals surface area (Å²) >= 11 is 0. The average molecular weight is 250 g/mol. The molecule has 1 N–H and O–H groups in total. The van der Waals surface area contributed by atoms with Crippen LogP contribution >= 0.6 is 0 Å². The normalized spacial score (nSPS) is 17.6. The van der Waals surface area contributed by atoms with Gasteiger partial charge in [0.05, 0.1) is 17.8 Å². The number of hydrogen-bond donors (Lipinski definition) is 1. The maximum atomic E-state index is 10.2. The summed E-state index contributed by atoms with van der Waals surface area (Å²) in [6.45, 7) is 3.95. The molecule has 2 rings (SSSR count). The van der Waals surface area contributed by atoms with Crippen molar-refractivity contribution in [3.8, 4) is 5.75 Å². The molecule has 0 aromatic heterocycles. The van der Waals surface area contributed by atoms with E-state index in [1.54, 1.807) is 7.11 Å². The van der Waals surface area contributed by atoms with Crippen molar-refractivity contribution in [2.45, 2.75) is 50.9 Å². The molecule has 3 heteroatoms. The van der Waals surface area contributed by atoms with Crippen LogP contribution in [0.4, 0.5) is 0 Å². The van der Waals surface area contributed by atoms with Crippen molar-refractivity contribution in [3.05, 3.63) is 29.8 Å². The van der Waals surface area contributed by atoms with Crippen molar-refractivity contribution < 1.29 is 14.6 Å². The van der Waals surface area contributed by atoms with Gasteiger partial charge in [-0.15, -0.1) is 0 Å². The highest BCUT2D eigenvalue weighted by Crippen LogP contribution is 2.29. The van der Waals surface area contributed by atoms with Gasteiger partial charge >= 0.3 is 0 Å². The minimum Gasteiger partial charge on any atom is -0.490 e. The molecule has 0 amide bonds. The molecule has 1 atom stereocenters. The van der Waals surface area contributed by atoms with Crippen molar-refractivity contribution >= 4 is 0 Å². The summed E-state index contributed by atoms with van der Waals surface area (Å²) < 4.78 is 11.0. The molecular weight excluding hydrogens is 228 g/mol. The maximum Gasteiger partial charge on any atom is 0.119 e. The molecule has 1 aliphatic carbocycles. The third-order valence-electron chi connectivity index (χ3n) is 3.33. The lowest BCUT2D eigenvalue weighted by atomic mass is 9.96. The average Bonchev–Trinajstić information content (AvgIpc) is 3.13. The fraction of sp³-hybridized carbons (Fsp3) is 0.600. The number of methoxy groups -OCH3 is 1. The molecule has 1 unspecified atom stereocenters. The van der Waals surface area contributed by atoms with Crippen molar-refractivity contribution in [2.24, 2.45) is 0 Å². The van der Waals surface area contributed by atoms with Gasteiger partial charge in [0.15, 0.2) is 0 Å². The van der Waals surface area contributed by atoms with Crippen molar-refractivity contribution in [3.63, 3.8) is 0 Å². The Morgan fingerprint density at radius 3 is 2.39 bits per heavy atom. The van der Waals surface area contributed by atoms with E-state index in [4.69, 9.17) is 9.47 Å². The number of hydrogen-bond acceptors (Lipinski definition) is 3. The van der Waals surface area contributed by atoms with Crippen LogP contribution < -0.4 is 4.74 Å². The topological polar surface area (TPSA) is 38.7 Å². The van der Waals surface area contributed by atoms with E-state index in [2.05, 4.69) is 0 Å². The first-order valence-corrected chi connectivity index (χ1v) is 6.50. The second kappa shape index (κ2) is 5.29. The zero-order valence-corrected chi connectivity index (χ0v) is 11.3. The molecule has 18 heavy (non-hydrogen) atoms. The van der Waals surface area contributed by atoms with Crippen LogP contribution in [0.15, 0.2) is 24.3 Å². The number of rotatable bonds is 6. The quantitative estimate of drug-likeness (QED) is 0.843. The first kappa shape index (κ1) is 13.4. The summed E-state index contributed by atoms with van der Waals surface area (Å²) in [5.74, 6) is 0.888. The van der Waals surface area contributed by atoms with Crippen molar-refractivity contribution in [1.29, 1.82) is 0 Å². The fourth-order valence-electron chi connectivity index (χ4n) is 1.81. The maximum absolute atomic E-state index is 10.2. The first-order chi connectivity index (χ1) is 8.50. The molecule has 3 nitrogen and oxygen atoms in total. The van der Waals surface area contributed by atoms with Gasteiger partial charge in [0, 0.05) is 13.5 Å². The smallest absolute Gasteiger partial charge is 0.119 e. The number of benzene rings is 1. The molecule has 0 heterocycles.